The van der Waals surface area contributed by atoms with Crippen molar-refractivity contribution in [1.29, 1.82) is 0 Å². The van der Waals surface area contributed by atoms with Gasteiger partial charge in [-0.25, -0.2) is 0 Å². The number of nitrogens with zero attached hydrogens (tertiary/aromatic N) is 1. The maximum absolute atomic E-state index is 12.3. The number of carbonyl (C=O) groups is 1. The van der Waals surface area contributed by atoms with E-state index in [-0.39, 0.29) is 11.3 Å². The first kappa shape index (κ1) is 21.4. The van der Waals surface area contributed by atoms with Crippen LogP contribution in [0.25, 0.3) is 0 Å². The van der Waals surface area contributed by atoms with Crippen molar-refractivity contribution in [2.24, 2.45) is 0 Å². The number of benzene rings is 2. The topological polar surface area (TPSA) is 45.5 Å². The van der Waals surface area contributed by atoms with Gasteiger partial charge in [-0.05, 0) is 47.1 Å². The molecule has 1 saturated carbocycles. The zero-order valence-corrected chi connectivity index (χ0v) is 18.7. The predicted octanol–water partition coefficient (Wildman–Crippen LogP) is 5.67. The quantitative estimate of drug-likeness (QED) is 0.514. The smallest absolute Gasteiger partial charge is 0.287 e. The van der Waals surface area contributed by atoms with Crippen molar-refractivity contribution in [3.63, 3.8) is 0 Å². The summed E-state index contributed by atoms with van der Waals surface area (Å²) in [6.45, 7) is 8.97. The molecule has 0 aliphatic heterocycles. The molecule has 4 rings (SSSR count). The van der Waals surface area contributed by atoms with Gasteiger partial charge >= 0.3 is 0 Å². The van der Waals surface area contributed by atoms with E-state index in [1.807, 2.05) is 12.1 Å². The highest BCUT2D eigenvalue weighted by Gasteiger charge is 2.25. The molecule has 1 aliphatic carbocycles. The number of amides is 1. The molecular formula is C27H32N2O2. The molecule has 1 aliphatic rings. The summed E-state index contributed by atoms with van der Waals surface area (Å²) in [6.07, 6.45) is 2.14. The minimum atomic E-state index is -0.110. The van der Waals surface area contributed by atoms with Crippen LogP contribution in [0.4, 0.5) is 0 Å². The maximum Gasteiger partial charge on any atom is 0.287 e. The standard InChI is InChI=1S/C27H32N2O2/c1-27(2,3)22-11-9-21(10-12-22)18-29(17-20-7-5-4-6-8-20)19-24-15-16-25(31-24)26(30)28-23-13-14-23/h4-12,15-16,23H,13-14,17-19H2,1-3H3,(H,28,30). The molecule has 4 heteroatoms. The Kier molecular flexibility index (Phi) is 6.28. The fourth-order valence-electron chi connectivity index (χ4n) is 3.67. The van der Waals surface area contributed by atoms with Crippen molar-refractivity contribution in [1.82, 2.24) is 10.2 Å². The molecule has 3 aromatic rings. The first-order chi connectivity index (χ1) is 14.9. The van der Waals surface area contributed by atoms with Gasteiger partial charge in [0.2, 0.25) is 0 Å². The highest BCUT2D eigenvalue weighted by Crippen LogP contribution is 2.24. The van der Waals surface area contributed by atoms with Crippen LogP contribution in [-0.2, 0) is 25.0 Å². The molecule has 0 spiro atoms. The first-order valence-electron chi connectivity index (χ1n) is 11.1. The van der Waals surface area contributed by atoms with E-state index < -0.39 is 0 Å². The summed E-state index contributed by atoms with van der Waals surface area (Å²) in [5, 5.41) is 2.99. The molecule has 0 unspecified atom stereocenters. The zero-order chi connectivity index (χ0) is 21.8. The summed E-state index contributed by atoms with van der Waals surface area (Å²) >= 11 is 0. The lowest BCUT2D eigenvalue weighted by Gasteiger charge is -2.23. The lowest BCUT2D eigenvalue weighted by atomic mass is 9.87. The summed E-state index contributed by atoms with van der Waals surface area (Å²) in [5.41, 5.74) is 4.01. The second-order valence-corrected chi connectivity index (χ2v) is 9.59. The molecule has 31 heavy (non-hydrogen) atoms. The molecule has 162 valence electrons. The van der Waals surface area contributed by atoms with E-state index in [2.05, 4.69) is 79.5 Å². The van der Waals surface area contributed by atoms with Gasteiger partial charge in [0.1, 0.15) is 5.76 Å². The maximum atomic E-state index is 12.3. The molecular weight excluding hydrogens is 384 g/mol. The van der Waals surface area contributed by atoms with Crippen molar-refractivity contribution in [2.45, 2.75) is 64.7 Å². The Bertz CT molecular complexity index is 996. The number of furan rings is 1. The highest BCUT2D eigenvalue weighted by atomic mass is 16.4. The fraction of sp³-hybridized carbons (Fsp3) is 0.370. The van der Waals surface area contributed by atoms with Gasteiger partial charge in [-0.15, -0.1) is 0 Å². The number of rotatable bonds is 8. The summed E-state index contributed by atoms with van der Waals surface area (Å²) < 4.78 is 5.89. The number of hydrogen-bond acceptors (Lipinski definition) is 3. The van der Waals surface area contributed by atoms with Crippen LogP contribution in [0.2, 0.25) is 0 Å². The molecule has 0 bridgehead atoms. The van der Waals surface area contributed by atoms with Gasteiger partial charge in [0.05, 0.1) is 6.54 Å². The third kappa shape index (κ3) is 6.08. The molecule has 2 aromatic carbocycles. The van der Waals surface area contributed by atoms with E-state index in [0.717, 1.165) is 31.7 Å². The average molecular weight is 417 g/mol. The Balaban J connectivity index is 1.47. The van der Waals surface area contributed by atoms with Gasteiger partial charge in [0, 0.05) is 19.1 Å². The SMILES string of the molecule is CC(C)(C)c1ccc(CN(Cc2ccccc2)Cc2ccc(C(=O)NC3CC3)o2)cc1. The van der Waals surface area contributed by atoms with Crippen LogP contribution in [0.3, 0.4) is 0 Å². The van der Waals surface area contributed by atoms with Crippen molar-refractivity contribution < 1.29 is 9.21 Å². The number of hydrogen-bond donors (Lipinski definition) is 1. The molecule has 1 amide bonds. The molecule has 4 nitrogen and oxygen atoms in total. The van der Waals surface area contributed by atoms with E-state index in [1.165, 1.54) is 16.7 Å². The van der Waals surface area contributed by atoms with E-state index in [1.54, 1.807) is 6.07 Å². The Morgan fingerprint density at radius 3 is 2.16 bits per heavy atom. The second kappa shape index (κ2) is 9.11. The third-order valence-electron chi connectivity index (χ3n) is 5.65. The predicted molar refractivity (Wildman–Crippen MR) is 124 cm³/mol. The van der Waals surface area contributed by atoms with Crippen molar-refractivity contribution in [2.75, 3.05) is 0 Å². The van der Waals surface area contributed by atoms with Gasteiger partial charge < -0.3 is 9.73 Å². The number of carbonyl (C=O) groups excluding carboxylic acids is 1. The van der Waals surface area contributed by atoms with Crippen LogP contribution in [-0.4, -0.2) is 16.8 Å². The Hall–Kier alpha value is -2.85. The van der Waals surface area contributed by atoms with E-state index >= 15 is 0 Å². The lowest BCUT2D eigenvalue weighted by molar-refractivity contribution is 0.0918. The van der Waals surface area contributed by atoms with Gasteiger partial charge in [0.15, 0.2) is 5.76 Å². The molecule has 1 aromatic heterocycles. The third-order valence-corrected chi connectivity index (χ3v) is 5.65. The van der Waals surface area contributed by atoms with Gasteiger partial charge in [-0.1, -0.05) is 75.4 Å². The van der Waals surface area contributed by atoms with Gasteiger partial charge in [-0.3, -0.25) is 9.69 Å². The molecule has 0 radical (unpaired) electrons. The Labute approximate surface area is 185 Å². The Morgan fingerprint density at radius 2 is 1.55 bits per heavy atom. The number of nitrogens with one attached hydrogen (secondary N) is 1. The van der Waals surface area contributed by atoms with Crippen LogP contribution >= 0.6 is 0 Å². The zero-order valence-electron chi connectivity index (χ0n) is 18.7. The first-order valence-corrected chi connectivity index (χ1v) is 11.1. The summed E-state index contributed by atoms with van der Waals surface area (Å²) in [5.74, 6) is 1.10. The monoisotopic (exact) mass is 416 g/mol. The fourth-order valence-corrected chi connectivity index (χ4v) is 3.67. The van der Waals surface area contributed by atoms with E-state index in [0.29, 0.717) is 18.3 Å². The summed E-state index contributed by atoms with van der Waals surface area (Å²) in [4.78, 5) is 14.6. The lowest BCUT2D eigenvalue weighted by Crippen LogP contribution is -2.25. The molecule has 1 fully saturated rings. The second-order valence-electron chi connectivity index (χ2n) is 9.59. The van der Waals surface area contributed by atoms with Crippen molar-refractivity contribution in [3.05, 3.63) is 94.9 Å². The summed E-state index contributed by atoms with van der Waals surface area (Å²) in [7, 11) is 0. The minimum absolute atomic E-state index is 0.110. The van der Waals surface area contributed by atoms with Crippen molar-refractivity contribution in [3.8, 4) is 0 Å². The van der Waals surface area contributed by atoms with Crippen LogP contribution in [0.5, 0.6) is 0 Å². The Morgan fingerprint density at radius 1 is 0.903 bits per heavy atom. The van der Waals surface area contributed by atoms with Crippen molar-refractivity contribution >= 4 is 5.91 Å². The minimum Gasteiger partial charge on any atom is -0.455 e. The van der Waals surface area contributed by atoms with E-state index in [4.69, 9.17) is 4.42 Å². The van der Waals surface area contributed by atoms with Crippen LogP contribution in [0.15, 0.2) is 71.1 Å². The molecule has 0 saturated heterocycles. The van der Waals surface area contributed by atoms with E-state index in [9.17, 15) is 4.79 Å². The van der Waals surface area contributed by atoms with Crippen LogP contribution in [0, 0.1) is 0 Å². The molecule has 1 N–H and O–H groups in total. The molecule has 1 heterocycles. The normalized spacial score (nSPS) is 14.1. The largest absolute Gasteiger partial charge is 0.455 e. The summed E-state index contributed by atoms with van der Waals surface area (Å²) in [6, 6.07) is 23.4. The van der Waals surface area contributed by atoms with Gasteiger partial charge in [-0.2, -0.15) is 0 Å². The highest BCUT2D eigenvalue weighted by molar-refractivity contribution is 5.91. The van der Waals surface area contributed by atoms with Crippen LogP contribution in [0.1, 0.15) is 66.6 Å². The average Bonchev–Trinajstić information content (AvgIpc) is 3.43. The van der Waals surface area contributed by atoms with Crippen LogP contribution < -0.4 is 5.32 Å². The molecule has 0 atom stereocenters. The van der Waals surface area contributed by atoms with Gasteiger partial charge in [0.25, 0.3) is 5.91 Å².